The predicted molar refractivity (Wildman–Crippen MR) is 121 cm³/mol. The lowest BCUT2D eigenvalue weighted by molar-refractivity contribution is -0.139. The molecule has 9 heteroatoms. The van der Waals surface area contributed by atoms with Crippen LogP contribution < -0.4 is 5.14 Å². The van der Waals surface area contributed by atoms with Gasteiger partial charge in [0.2, 0.25) is 10.0 Å². The maximum atomic E-state index is 12.8. The highest BCUT2D eigenvalue weighted by molar-refractivity contribution is 7.89. The summed E-state index contributed by atoms with van der Waals surface area (Å²) in [6.45, 7) is 7.20. The Kier molecular flexibility index (Phi) is 7.40. The molecule has 2 heterocycles. The van der Waals surface area contributed by atoms with Gasteiger partial charge in [-0.1, -0.05) is 25.0 Å². The summed E-state index contributed by atoms with van der Waals surface area (Å²) in [6, 6.07) is 8.06. The SMILES string of the molecule is Cc1cc(C(=O)OC(C)C(=O)N2CCCCCC2)c(C)n1Cc1ccc(S(N)(=O)=O)cc1. The molecule has 1 amide bonds. The summed E-state index contributed by atoms with van der Waals surface area (Å²) >= 11 is 0. The van der Waals surface area contributed by atoms with Gasteiger partial charge in [-0.2, -0.15) is 0 Å². The molecule has 1 aromatic heterocycles. The van der Waals surface area contributed by atoms with Gasteiger partial charge in [0.05, 0.1) is 10.5 Å². The van der Waals surface area contributed by atoms with E-state index < -0.39 is 22.1 Å². The van der Waals surface area contributed by atoms with E-state index in [2.05, 4.69) is 0 Å². The minimum atomic E-state index is -3.74. The number of benzene rings is 1. The van der Waals surface area contributed by atoms with Crippen LogP contribution in [-0.2, 0) is 26.1 Å². The number of likely N-dealkylation sites (tertiary alicyclic amines) is 1. The standard InChI is InChI=1S/C23H31N3O5S/c1-16-14-21(23(28)31-18(3)22(27)25-12-6-4-5-7-13-25)17(2)26(16)15-19-8-10-20(11-9-19)32(24,29)30/h8-11,14,18H,4-7,12-13,15H2,1-3H3,(H2,24,29,30). The first kappa shape index (κ1) is 24.0. The quantitative estimate of drug-likeness (QED) is 0.665. The minimum absolute atomic E-state index is 0.0505. The molecule has 0 radical (unpaired) electrons. The average Bonchev–Trinajstić information content (AvgIpc) is 2.93. The zero-order valence-corrected chi connectivity index (χ0v) is 19.7. The van der Waals surface area contributed by atoms with Gasteiger partial charge in [0.25, 0.3) is 5.91 Å². The third kappa shape index (κ3) is 5.58. The first-order valence-corrected chi connectivity index (χ1v) is 12.4. The van der Waals surface area contributed by atoms with Crippen molar-refractivity contribution in [3.8, 4) is 0 Å². The Hall–Kier alpha value is -2.65. The molecular formula is C23H31N3O5S. The molecule has 1 unspecified atom stereocenters. The largest absolute Gasteiger partial charge is 0.449 e. The molecule has 1 aliphatic rings. The highest BCUT2D eigenvalue weighted by Crippen LogP contribution is 2.20. The Morgan fingerprint density at radius 2 is 1.66 bits per heavy atom. The van der Waals surface area contributed by atoms with Crippen LogP contribution in [0, 0.1) is 13.8 Å². The first-order valence-electron chi connectivity index (χ1n) is 10.9. The van der Waals surface area contributed by atoms with E-state index in [4.69, 9.17) is 9.88 Å². The summed E-state index contributed by atoms with van der Waals surface area (Å²) < 4.78 is 30.3. The molecule has 8 nitrogen and oxygen atoms in total. The molecule has 0 spiro atoms. The monoisotopic (exact) mass is 461 g/mol. The van der Waals surface area contributed by atoms with E-state index in [1.807, 2.05) is 18.4 Å². The highest BCUT2D eigenvalue weighted by Gasteiger charge is 2.26. The number of aromatic nitrogens is 1. The van der Waals surface area contributed by atoms with Gasteiger partial charge in [0.1, 0.15) is 0 Å². The summed E-state index contributed by atoms with van der Waals surface area (Å²) in [5.41, 5.74) is 2.86. The van der Waals surface area contributed by atoms with Gasteiger partial charge in [0, 0.05) is 31.0 Å². The number of hydrogen-bond acceptors (Lipinski definition) is 5. The number of ether oxygens (including phenoxy) is 1. The van der Waals surface area contributed by atoms with Crippen LogP contribution in [0.25, 0.3) is 0 Å². The van der Waals surface area contributed by atoms with Crippen LogP contribution in [0.4, 0.5) is 0 Å². The van der Waals surface area contributed by atoms with E-state index in [1.165, 1.54) is 12.1 Å². The number of sulfonamides is 1. The summed E-state index contributed by atoms with van der Waals surface area (Å²) in [6.07, 6.45) is 3.36. The molecule has 174 valence electrons. The molecule has 1 aliphatic heterocycles. The van der Waals surface area contributed by atoms with Crippen LogP contribution in [0.15, 0.2) is 35.2 Å². The van der Waals surface area contributed by atoms with Crippen molar-refractivity contribution < 1.29 is 22.7 Å². The Morgan fingerprint density at radius 1 is 1.06 bits per heavy atom. The second kappa shape index (κ2) is 9.87. The van der Waals surface area contributed by atoms with Crippen molar-refractivity contribution in [3.05, 3.63) is 52.8 Å². The number of nitrogens with two attached hydrogens (primary N) is 1. The number of amides is 1. The van der Waals surface area contributed by atoms with Crippen molar-refractivity contribution in [1.29, 1.82) is 0 Å². The van der Waals surface area contributed by atoms with E-state index in [9.17, 15) is 18.0 Å². The molecule has 0 aliphatic carbocycles. The molecule has 1 fully saturated rings. The first-order chi connectivity index (χ1) is 15.1. The van der Waals surface area contributed by atoms with Crippen LogP contribution >= 0.6 is 0 Å². The Morgan fingerprint density at radius 3 is 2.22 bits per heavy atom. The summed E-state index contributed by atoms with van der Waals surface area (Å²) in [5, 5.41) is 5.15. The molecular weight excluding hydrogens is 430 g/mol. The molecule has 1 aromatic carbocycles. The fourth-order valence-electron chi connectivity index (χ4n) is 4.04. The summed E-state index contributed by atoms with van der Waals surface area (Å²) in [7, 11) is -3.74. The second-order valence-corrected chi connectivity index (χ2v) is 9.91. The van der Waals surface area contributed by atoms with Gasteiger partial charge in [-0.15, -0.1) is 0 Å². The lowest BCUT2D eigenvalue weighted by atomic mass is 10.2. The normalized spacial score (nSPS) is 15.8. The molecule has 0 saturated carbocycles. The number of aryl methyl sites for hydroxylation is 1. The maximum Gasteiger partial charge on any atom is 0.340 e. The van der Waals surface area contributed by atoms with Crippen LogP contribution in [0.2, 0.25) is 0 Å². The third-order valence-electron chi connectivity index (χ3n) is 5.94. The zero-order valence-electron chi connectivity index (χ0n) is 18.8. The van der Waals surface area contributed by atoms with Crippen LogP contribution in [0.1, 0.15) is 59.9 Å². The molecule has 0 bridgehead atoms. The number of hydrogen-bond donors (Lipinski definition) is 1. The average molecular weight is 462 g/mol. The lowest BCUT2D eigenvalue weighted by Crippen LogP contribution is -2.40. The van der Waals surface area contributed by atoms with E-state index in [0.717, 1.165) is 42.6 Å². The molecule has 32 heavy (non-hydrogen) atoms. The number of carbonyl (C=O) groups is 2. The Bertz CT molecular complexity index is 1080. The fourth-order valence-corrected chi connectivity index (χ4v) is 4.56. The molecule has 1 atom stereocenters. The van der Waals surface area contributed by atoms with Crippen molar-refractivity contribution in [1.82, 2.24) is 9.47 Å². The fraction of sp³-hybridized carbons (Fsp3) is 0.478. The number of carbonyl (C=O) groups excluding carboxylic acids is 2. The number of primary sulfonamides is 1. The molecule has 3 rings (SSSR count). The van der Waals surface area contributed by atoms with Crippen LogP contribution in [-0.4, -0.2) is 49.0 Å². The van der Waals surface area contributed by atoms with Gasteiger partial charge >= 0.3 is 5.97 Å². The van der Waals surface area contributed by atoms with Crippen molar-refractivity contribution in [2.75, 3.05) is 13.1 Å². The van der Waals surface area contributed by atoms with Gasteiger partial charge in [-0.3, -0.25) is 4.79 Å². The number of rotatable bonds is 6. The van der Waals surface area contributed by atoms with Gasteiger partial charge in [-0.25, -0.2) is 18.4 Å². The topological polar surface area (TPSA) is 112 Å². The molecule has 2 aromatic rings. The van der Waals surface area contributed by atoms with E-state index >= 15 is 0 Å². The minimum Gasteiger partial charge on any atom is -0.449 e. The molecule has 2 N–H and O–H groups in total. The van der Waals surface area contributed by atoms with E-state index in [1.54, 1.807) is 30.0 Å². The number of nitrogens with zero attached hydrogens (tertiary/aromatic N) is 2. The van der Waals surface area contributed by atoms with E-state index in [-0.39, 0.29) is 10.8 Å². The van der Waals surface area contributed by atoms with Crippen molar-refractivity contribution in [2.45, 2.75) is 64.0 Å². The Balaban J connectivity index is 1.70. The third-order valence-corrected chi connectivity index (χ3v) is 6.86. The highest BCUT2D eigenvalue weighted by atomic mass is 32.2. The molecule has 1 saturated heterocycles. The lowest BCUT2D eigenvalue weighted by Gasteiger charge is -2.24. The number of esters is 1. The van der Waals surface area contributed by atoms with Crippen molar-refractivity contribution >= 4 is 21.9 Å². The van der Waals surface area contributed by atoms with Crippen LogP contribution in [0.5, 0.6) is 0 Å². The van der Waals surface area contributed by atoms with Gasteiger partial charge < -0.3 is 14.2 Å². The predicted octanol–water partition coefficient (Wildman–Crippen LogP) is 2.75. The van der Waals surface area contributed by atoms with Gasteiger partial charge in [0.15, 0.2) is 6.10 Å². The van der Waals surface area contributed by atoms with Gasteiger partial charge in [-0.05, 0) is 57.4 Å². The summed E-state index contributed by atoms with van der Waals surface area (Å²) in [5.74, 6) is -0.673. The smallest absolute Gasteiger partial charge is 0.340 e. The second-order valence-electron chi connectivity index (χ2n) is 8.35. The Labute approximate surface area is 189 Å². The maximum absolute atomic E-state index is 12.8. The van der Waals surface area contributed by atoms with Crippen molar-refractivity contribution in [3.63, 3.8) is 0 Å². The van der Waals surface area contributed by atoms with E-state index in [0.29, 0.717) is 25.2 Å². The zero-order chi connectivity index (χ0) is 23.5. The van der Waals surface area contributed by atoms with Crippen molar-refractivity contribution in [2.24, 2.45) is 5.14 Å². The van der Waals surface area contributed by atoms with Crippen LogP contribution in [0.3, 0.4) is 0 Å². The summed E-state index contributed by atoms with van der Waals surface area (Å²) in [4.78, 5) is 27.4.